The van der Waals surface area contributed by atoms with Gasteiger partial charge in [0, 0.05) is 0 Å². The quantitative estimate of drug-likeness (QED) is 0.831. The molecule has 20 heavy (non-hydrogen) atoms. The maximum atomic E-state index is 12.1. The summed E-state index contributed by atoms with van der Waals surface area (Å²) in [5.74, 6) is 0. The van der Waals surface area contributed by atoms with Crippen LogP contribution in [0.25, 0.3) is 0 Å². The Morgan fingerprint density at radius 3 is 2.35 bits per heavy atom. The van der Waals surface area contributed by atoms with Crippen molar-refractivity contribution in [1.82, 2.24) is 15.3 Å². The molecule has 0 radical (unpaired) electrons. The van der Waals surface area contributed by atoms with Crippen molar-refractivity contribution in [3.8, 4) is 0 Å². The van der Waals surface area contributed by atoms with Gasteiger partial charge in [0.15, 0.2) is 0 Å². The van der Waals surface area contributed by atoms with E-state index in [9.17, 15) is 8.42 Å². The van der Waals surface area contributed by atoms with Gasteiger partial charge in [-0.05, 0) is 37.7 Å². The molecular weight excluding hydrogens is 276 g/mol. The van der Waals surface area contributed by atoms with E-state index in [1.54, 1.807) is 12.1 Å². The largest absolute Gasteiger partial charge is 0.319 e. The van der Waals surface area contributed by atoms with Crippen LogP contribution in [-0.4, -0.2) is 32.0 Å². The van der Waals surface area contributed by atoms with Crippen molar-refractivity contribution >= 4 is 15.7 Å². The number of rotatable bonds is 6. The monoisotopic (exact) mass is 292 g/mol. The van der Waals surface area contributed by atoms with E-state index in [0.29, 0.717) is 5.69 Å². The molecule has 2 aromatic rings. The molecular formula is C13H16N4O2S. The zero-order valence-electron chi connectivity index (χ0n) is 11.1. The lowest BCUT2D eigenvalue weighted by molar-refractivity contribution is 0.601. The lowest BCUT2D eigenvalue weighted by atomic mass is 10.1. The molecule has 0 aliphatic carbocycles. The fourth-order valence-electron chi connectivity index (χ4n) is 1.67. The highest BCUT2D eigenvalue weighted by molar-refractivity contribution is 7.92. The molecule has 7 heteroatoms. The van der Waals surface area contributed by atoms with Gasteiger partial charge >= 0.3 is 0 Å². The van der Waals surface area contributed by atoms with Gasteiger partial charge in [-0.15, -0.1) is 0 Å². The summed E-state index contributed by atoms with van der Waals surface area (Å²) in [6.45, 7) is 0.853. The van der Waals surface area contributed by atoms with Crippen LogP contribution in [0.1, 0.15) is 5.56 Å². The maximum absolute atomic E-state index is 12.1. The van der Waals surface area contributed by atoms with Gasteiger partial charge in [-0.25, -0.2) is 18.4 Å². The van der Waals surface area contributed by atoms with E-state index in [1.165, 1.54) is 18.7 Å². The van der Waals surface area contributed by atoms with Crippen molar-refractivity contribution in [2.75, 3.05) is 18.3 Å². The molecule has 0 spiro atoms. The van der Waals surface area contributed by atoms with Crippen molar-refractivity contribution in [3.63, 3.8) is 0 Å². The number of sulfonamides is 1. The van der Waals surface area contributed by atoms with Gasteiger partial charge in [0.25, 0.3) is 10.0 Å². The molecule has 0 fully saturated rings. The Hall–Kier alpha value is -1.99. The van der Waals surface area contributed by atoms with Crippen molar-refractivity contribution in [2.45, 2.75) is 11.3 Å². The van der Waals surface area contributed by atoms with E-state index in [-0.39, 0.29) is 4.90 Å². The predicted octanol–water partition coefficient (Wildman–Crippen LogP) is 1.04. The zero-order chi connectivity index (χ0) is 14.4. The van der Waals surface area contributed by atoms with Crippen molar-refractivity contribution in [2.24, 2.45) is 0 Å². The maximum Gasteiger partial charge on any atom is 0.261 e. The number of benzene rings is 1. The third-order valence-electron chi connectivity index (χ3n) is 2.71. The second kappa shape index (κ2) is 6.44. The third kappa shape index (κ3) is 3.75. The molecule has 0 saturated heterocycles. The lowest BCUT2D eigenvalue weighted by Crippen LogP contribution is -2.14. The smallest absolute Gasteiger partial charge is 0.261 e. The van der Waals surface area contributed by atoms with Gasteiger partial charge in [-0.1, -0.05) is 12.1 Å². The normalized spacial score (nSPS) is 11.2. The van der Waals surface area contributed by atoms with Crippen LogP contribution in [0.3, 0.4) is 0 Å². The number of nitrogens with zero attached hydrogens (tertiary/aromatic N) is 2. The van der Waals surface area contributed by atoms with Gasteiger partial charge < -0.3 is 5.32 Å². The minimum absolute atomic E-state index is 0.217. The van der Waals surface area contributed by atoms with Crippen LogP contribution in [0, 0.1) is 0 Å². The van der Waals surface area contributed by atoms with Crippen LogP contribution in [0.5, 0.6) is 0 Å². The summed E-state index contributed by atoms with van der Waals surface area (Å²) < 4.78 is 26.7. The molecule has 0 aliphatic rings. The average molecular weight is 292 g/mol. The summed E-state index contributed by atoms with van der Waals surface area (Å²) in [7, 11) is -1.72. The van der Waals surface area contributed by atoms with Gasteiger partial charge in [-0.2, -0.15) is 0 Å². The Labute approximate surface area is 118 Å². The summed E-state index contributed by atoms with van der Waals surface area (Å²) in [6, 6.07) is 6.81. The average Bonchev–Trinajstić information content (AvgIpc) is 2.46. The minimum Gasteiger partial charge on any atom is -0.319 e. The van der Waals surface area contributed by atoms with Crippen LogP contribution >= 0.6 is 0 Å². The van der Waals surface area contributed by atoms with Crippen LogP contribution in [0.4, 0.5) is 5.69 Å². The molecule has 0 saturated carbocycles. The highest BCUT2D eigenvalue weighted by Gasteiger charge is 2.14. The Morgan fingerprint density at radius 2 is 1.75 bits per heavy atom. The highest BCUT2D eigenvalue weighted by Crippen LogP contribution is 2.15. The van der Waals surface area contributed by atoms with Crippen molar-refractivity contribution < 1.29 is 8.42 Å². The van der Waals surface area contributed by atoms with Crippen LogP contribution in [-0.2, 0) is 16.4 Å². The minimum atomic E-state index is -3.60. The predicted molar refractivity (Wildman–Crippen MR) is 76.9 cm³/mol. The number of anilines is 1. The fraction of sp³-hybridized carbons (Fsp3) is 0.231. The number of nitrogens with one attached hydrogen (secondary N) is 2. The first-order chi connectivity index (χ1) is 9.62. The molecule has 2 rings (SSSR count). The van der Waals surface area contributed by atoms with Gasteiger partial charge in [0.1, 0.15) is 6.33 Å². The highest BCUT2D eigenvalue weighted by atomic mass is 32.2. The van der Waals surface area contributed by atoms with Crippen LogP contribution in [0.2, 0.25) is 0 Å². The summed E-state index contributed by atoms with van der Waals surface area (Å²) in [6.07, 6.45) is 5.02. The first-order valence-electron chi connectivity index (χ1n) is 6.13. The van der Waals surface area contributed by atoms with E-state index in [0.717, 1.165) is 18.5 Å². The number of hydrogen-bond acceptors (Lipinski definition) is 5. The molecule has 0 atom stereocenters. The second-order valence-corrected chi connectivity index (χ2v) is 5.91. The molecule has 0 unspecified atom stereocenters. The van der Waals surface area contributed by atoms with E-state index in [4.69, 9.17) is 0 Å². The van der Waals surface area contributed by atoms with Gasteiger partial charge in [0.05, 0.1) is 23.0 Å². The second-order valence-electron chi connectivity index (χ2n) is 4.23. The molecule has 1 aromatic heterocycles. The van der Waals surface area contributed by atoms with E-state index < -0.39 is 10.0 Å². The van der Waals surface area contributed by atoms with Gasteiger partial charge in [0.2, 0.25) is 0 Å². The van der Waals surface area contributed by atoms with Crippen LogP contribution < -0.4 is 10.0 Å². The lowest BCUT2D eigenvalue weighted by Gasteiger charge is -2.08. The van der Waals surface area contributed by atoms with E-state index in [2.05, 4.69) is 20.0 Å². The first kappa shape index (κ1) is 14.4. The number of hydrogen-bond donors (Lipinski definition) is 2. The Kier molecular flexibility index (Phi) is 4.65. The summed E-state index contributed by atoms with van der Waals surface area (Å²) in [5.41, 5.74) is 1.42. The topological polar surface area (TPSA) is 84.0 Å². The Balaban J connectivity index is 2.13. The standard InChI is InChI=1S/C13H16N4O2S/c1-14-7-6-11-2-4-13(5-3-11)20(18,19)17-12-8-15-10-16-9-12/h2-5,8-10,14,17H,6-7H2,1H3. The third-order valence-corrected chi connectivity index (χ3v) is 4.11. The number of likely N-dealkylation sites (N-methyl/N-ethyl adjacent to an activating group) is 1. The van der Waals surface area contributed by atoms with Crippen molar-refractivity contribution in [3.05, 3.63) is 48.5 Å². The summed E-state index contributed by atoms with van der Waals surface area (Å²) in [5, 5.41) is 3.05. The molecule has 1 heterocycles. The molecule has 106 valence electrons. The molecule has 0 aliphatic heterocycles. The first-order valence-corrected chi connectivity index (χ1v) is 7.61. The SMILES string of the molecule is CNCCc1ccc(S(=O)(=O)Nc2cncnc2)cc1. The van der Waals surface area contributed by atoms with E-state index >= 15 is 0 Å². The summed E-state index contributed by atoms with van der Waals surface area (Å²) >= 11 is 0. The zero-order valence-corrected chi connectivity index (χ0v) is 11.9. The molecule has 1 aromatic carbocycles. The molecule has 6 nitrogen and oxygen atoms in total. The van der Waals surface area contributed by atoms with E-state index in [1.807, 2.05) is 19.2 Å². The van der Waals surface area contributed by atoms with Crippen molar-refractivity contribution in [1.29, 1.82) is 0 Å². The molecule has 0 amide bonds. The van der Waals surface area contributed by atoms with Crippen LogP contribution in [0.15, 0.2) is 47.9 Å². The number of aromatic nitrogens is 2. The molecule has 2 N–H and O–H groups in total. The summed E-state index contributed by atoms with van der Waals surface area (Å²) in [4.78, 5) is 7.75. The fourth-order valence-corrected chi connectivity index (χ4v) is 2.70. The van der Waals surface area contributed by atoms with Gasteiger partial charge in [-0.3, -0.25) is 4.72 Å². The Bertz CT molecular complexity index is 642. The Morgan fingerprint density at radius 1 is 1.10 bits per heavy atom. The molecule has 0 bridgehead atoms.